The van der Waals surface area contributed by atoms with Crippen molar-refractivity contribution < 1.29 is 10.2 Å². The minimum atomic E-state index is -1.66. The summed E-state index contributed by atoms with van der Waals surface area (Å²) in [4.78, 5) is 4.91. The number of fused-ring (bicyclic) bond motifs is 6. The van der Waals surface area contributed by atoms with Gasteiger partial charge in [-0.2, -0.15) is 0 Å². The Bertz CT molecular complexity index is 2860. The molecule has 0 aliphatic rings. The van der Waals surface area contributed by atoms with Crippen LogP contribution in [0, 0.1) is 13.8 Å². The lowest BCUT2D eigenvalue weighted by Gasteiger charge is -2.15. The van der Waals surface area contributed by atoms with Gasteiger partial charge in [0, 0.05) is 51.4 Å². The van der Waals surface area contributed by atoms with Crippen LogP contribution in [-0.4, -0.2) is 29.1 Å². The highest BCUT2D eigenvalue weighted by Gasteiger charge is 2.19. The van der Waals surface area contributed by atoms with Gasteiger partial charge in [-0.25, -0.2) is 9.67 Å². The van der Waals surface area contributed by atoms with Gasteiger partial charge in [-0.05, 0) is 74.1 Å². The fraction of sp³-hybridized carbons (Fsp3) is 0.140. The molecule has 4 heterocycles. The number of hydrogen-bond acceptors (Lipinski definition) is 4. The molecule has 7 heteroatoms. The maximum atomic E-state index is 8.81. The van der Waals surface area contributed by atoms with Gasteiger partial charge in [-0.3, -0.25) is 4.57 Å². The molecule has 9 aromatic rings. The maximum absolute atomic E-state index is 8.81. The summed E-state index contributed by atoms with van der Waals surface area (Å²) in [5.41, 5.74) is 7.73. The van der Waals surface area contributed by atoms with Crippen molar-refractivity contribution in [3.8, 4) is 28.7 Å². The third-order valence-electron chi connectivity index (χ3n) is 9.63. The van der Waals surface area contributed by atoms with Crippen molar-refractivity contribution >= 4 is 43.6 Å². The van der Waals surface area contributed by atoms with Crippen LogP contribution in [0.1, 0.15) is 41.8 Å². The molecule has 50 heavy (non-hydrogen) atoms. The second-order valence-corrected chi connectivity index (χ2v) is 12.4. The zero-order valence-corrected chi connectivity index (χ0v) is 28.1. The minimum Gasteiger partial charge on any atom is -0.457 e. The first-order chi connectivity index (χ1) is 25.9. The quantitative estimate of drug-likeness (QED) is 0.171. The van der Waals surface area contributed by atoms with E-state index in [1.807, 2.05) is 115 Å². The van der Waals surface area contributed by atoms with E-state index in [0.29, 0.717) is 39.5 Å². The van der Waals surface area contributed by atoms with Crippen LogP contribution in [0.5, 0.6) is 11.5 Å². The molecule has 4 aromatic heterocycles. The van der Waals surface area contributed by atoms with E-state index in [9.17, 15) is 0 Å². The molecule has 244 valence electrons. The summed E-state index contributed by atoms with van der Waals surface area (Å²) in [6, 6.07) is 37.3. The molecular formula is C43H36N6O. The van der Waals surface area contributed by atoms with E-state index in [2.05, 4.69) is 33.1 Å². The molecule has 0 unspecified atom stereocenters. The molecular weight excluding hydrogens is 617 g/mol. The average molecular weight is 657 g/mol. The lowest BCUT2D eigenvalue weighted by Crippen LogP contribution is -2.03. The van der Waals surface area contributed by atoms with Crippen molar-refractivity contribution in [2.75, 3.05) is 0 Å². The van der Waals surface area contributed by atoms with E-state index in [4.69, 9.17) is 15.2 Å². The van der Waals surface area contributed by atoms with Gasteiger partial charge >= 0.3 is 0 Å². The number of aromatic nitrogens is 6. The Kier molecular flexibility index (Phi) is 6.05. The zero-order chi connectivity index (χ0) is 37.5. The number of ether oxygens (including phenoxy) is 1. The highest BCUT2D eigenvalue weighted by Crippen LogP contribution is 2.38. The van der Waals surface area contributed by atoms with E-state index >= 15 is 0 Å². The third-order valence-corrected chi connectivity index (χ3v) is 9.63. The molecule has 0 radical (unpaired) electrons. The fourth-order valence-electron chi connectivity index (χ4n) is 7.17. The van der Waals surface area contributed by atoms with Gasteiger partial charge in [0.2, 0.25) is 0 Å². The average Bonchev–Trinajstić information content (AvgIpc) is 3.79. The first-order valence-electron chi connectivity index (χ1n) is 18.6. The Labute approximate surface area is 295 Å². The molecule has 0 amide bonds. The van der Waals surface area contributed by atoms with Gasteiger partial charge in [0.05, 0.1) is 44.8 Å². The predicted molar refractivity (Wildman–Crippen MR) is 203 cm³/mol. The van der Waals surface area contributed by atoms with Crippen molar-refractivity contribution in [1.29, 1.82) is 0 Å². The SMILES string of the molecule is [2H]C([2H])(C)c1cccc2c3cccc(C([2H])([2H])C)c3n(-c3ccnc(-n4c5ccccc5c5ccc(Oc6cccc(-n7nnc(C)c7C)c6)cc54)c3)c12. The third kappa shape index (κ3) is 4.61. The molecule has 0 saturated carbocycles. The molecule has 9 rings (SSSR count). The van der Waals surface area contributed by atoms with E-state index in [0.717, 1.165) is 55.3 Å². The summed E-state index contributed by atoms with van der Waals surface area (Å²) in [6.07, 6.45) is -1.57. The van der Waals surface area contributed by atoms with Crippen LogP contribution in [0.2, 0.25) is 0 Å². The second-order valence-electron chi connectivity index (χ2n) is 12.4. The molecule has 0 bridgehead atoms. The molecule has 0 fully saturated rings. The van der Waals surface area contributed by atoms with Crippen LogP contribution in [0.3, 0.4) is 0 Å². The number of para-hydroxylation sites is 3. The van der Waals surface area contributed by atoms with E-state index in [-0.39, 0.29) is 0 Å². The summed E-state index contributed by atoms with van der Waals surface area (Å²) in [5.74, 6) is 1.96. The second kappa shape index (κ2) is 11.7. The highest BCUT2D eigenvalue weighted by atomic mass is 16.5. The standard InChI is InChI=1S/C43H36N6O/c1-5-29-12-9-17-37-38-18-10-13-30(6-2)43(38)47(42(29)37)31-22-23-44-41(25-31)48-39-19-8-7-16-35(39)36-21-20-34(26-40(36)48)50-33-15-11-14-32(24-33)49-28(4)27(3)45-46-49/h7-26H,5-6H2,1-4H3/i5D2,6D2. The molecule has 0 aliphatic heterocycles. The van der Waals surface area contributed by atoms with E-state index in [1.165, 1.54) is 0 Å². The number of nitrogens with zero attached hydrogens (tertiary/aromatic N) is 6. The minimum absolute atomic E-state index is 0.522. The summed E-state index contributed by atoms with van der Waals surface area (Å²) < 4.78 is 47.7. The Balaban J connectivity index is 1.25. The summed E-state index contributed by atoms with van der Waals surface area (Å²) in [5, 5.41) is 12.3. The van der Waals surface area contributed by atoms with Gasteiger partial charge < -0.3 is 9.30 Å². The van der Waals surface area contributed by atoms with Gasteiger partial charge in [-0.1, -0.05) is 79.7 Å². The first-order valence-corrected chi connectivity index (χ1v) is 16.6. The Morgan fingerprint density at radius 3 is 2.02 bits per heavy atom. The Hall–Kier alpha value is -6.21. The zero-order valence-electron chi connectivity index (χ0n) is 32.1. The largest absolute Gasteiger partial charge is 0.457 e. The van der Waals surface area contributed by atoms with Gasteiger partial charge in [0.25, 0.3) is 0 Å². The van der Waals surface area contributed by atoms with E-state index < -0.39 is 12.7 Å². The van der Waals surface area contributed by atoms with Gasteiger partial charge in [0.15, 0.2) is 0 Å². The summed E-state index contributed by atoms with van der Waals surface area (Å²) in [6.45, 7) is 7.05. The Morgan fingerprint density at radius 1 is 0.620 bits per heavy atom. The normalized spacial score (nSPS) is 13.5. The Morgan fingerprint density at radius 2 is 1.30 bits per heavy atom. The summed E-state index contributed by atoms with van der Waals surface area (Å²) >= 11 is 0. The van der Waals surface area contributed by atoms with Crippen molar-refractivity contribution in [2.24, 2.45) is 0 Å². The summed E-state index contributed by atoms with van der Waals surface area (Å²) in [7, 11) is 0. The molecule has 0 spiro atoms. The number of hydrogen-bond donors (Lipinski definition) is 0. The van der Waals surface area contributed by atoms with Crippen LogP contribution >= 0.6 is 0 Å². The van der Waals surface area contributed by atoms with Gasteiger partial charge in [-0.15, -0.1) is 5.10 Å². The number of rotatable bonds is 7. The molecule has 7 nitrogen and oxygen atoms in total. The topological polar surface area (TPSA) is 62.7 Å². The van der Waals surface area contributed by atoms with Crippen molar-refractivity contribution in [2.45, 2.75) is 40.4 Å². The molecule has 0 aliphatic carbocycles. The van der Waals surface area contributed by atoms with Crippen LogP contribution in [0.4, 0.5) is 0 Å². The number of benzene rings is 5. The molecule has 0 saturated heterocycles. The number of aryl methyl sites for hydroxylation is 3. The lowest BCUT2D eigenvalue weighted by molar-refractivity contribution is 0.482. The van der Waals surface area contributed by atoms with Crippen molar-refractivity contribution in [3.05, 3.63) is 144 Å². The fourth-order valence-corrected chi connectivity index (χ4v) is 7.17. The van der Waals surface area contributed by atoms with Gasteiger partial charge in [0.1, 0.15) is 17.3 Å². The first kappa shape index (κ1) is 25.8. The smallest absolute Gasteiger partial charge is 0.139 e. The molecule has 5 aromatic carbocycles. The van der Waals surface area contributed by atoms with Crippen LogP contribution < -0.4 is 4.74 Å². The predicted octanol–water partition coefficient (Wildman–Crippen LogP) is 10.4. The maximum Gasteiger partial charge on any atom is 0.139 e. The molecule has 0 N–H and O–H groups in total. The van der Waals surface area contributed by atoms with E-state index in [1.54, 1.807) is 24.7 Å². The van der Waals surface area contributed by atoms with Crippen LogP contribution in [0.25, 0.3) is 60.8 Å². The monoisotopic (exact) mass is 656 g/mol. The van der Waals surface area contributed by atoms with Crippen molar-refractivity contribution in [3.63, 3.8) is 0 Å². The lowest BCUT2D eigenvalue weighted by atomic mass is 10.1. The van der Waals surface area contributed by atoms with Crippen LogP contribution in [-0.2, 0) is 12.7 Å². The highest BCUT2D eigenvalue weighted by molar-refractivity contribution is 6.12. The molecule has 0 atom stereocenters. The van der Waals surface area contributed by atoms with Crippen molar-refractivity contribution in [1.82, 2.24) is 29.1 Å². The number of pyridine rings is 1. The van der Waals surface area contributed by atoms with Crippen LogP contribution in [0.15, 0.2) is 121 Å².